The van der Waals surface area contributed by atoms with Crippen LogP contribution in [0.4, 0.5) is 0 Å². The Morgan fingerprint density at radius 1 is 1.18 bits per heavy atom. The Morgan fingerprint density at radius 3 is 2.29 bits per heavy atom. The molecule has 1 aromatic carbocycles. The van der Waals surface area contributed by atoms with Gasteiger partial charge in [-0.3, -0.25) is 0 Å². The maximum Gasteiger partial charge on any atom is 0.119 e. The van der Waals surface area contributed by atoms with Gasteiger partial charge in [-0.15, -0.1) is 0 Å². The average molecular weight is 233 g/mol. The lowest BCUT2D eigenvalue weighted by Gasteiger charge is -2.19. The first-order chi connectivity index (χ1) is 8.00. The molecule has 2 heteroatoms. The fourth-order valence-electron chi connectivity index (χ4n) is 2.06. The van der Waals surface area contributed by atoms with Crippen molar-refractivity contribution in [1.29, 1.82) is 0 Å². The van der Waals surface area contributed by atoms with Crippen molar-refractivity contribution in [2.45, 2.75) is 32.6 Å². The van der Waals surface area contributed by atoms with Gasteiger partial charge >= 0.3 is 0 Å². The Kier molecular flexibility index (Phi) is 3.43. The number of hydrogen-bond donors (Lipinski definition) is 1. The lowest BCUT2D eigenvalue weighted by atomic mass is 9.87. The van der Waals surface area contributed by atoms with Crippen molar-refractivity contribution in [1.82, 2.24) is 0 Å². The van der Waals surface area contributed by atoms with E-state index in [0.717, 1.165) is 18.9 Å². The molecule has 1 aromatic rings. The maximum atomic E-state index is 5.77. The molecular formula is C15H23NO. The second-order valence-corrected chi connectivity index (χ2v) is 6.08. The van der Waals surface area contributed by atoms with E-state index < -0.39 is 0 Å². The lowest BCUT2D eigenvalue weighted by molar-refractivity contribution is 0.292. The summed E-state index contributed by atoms with van der Waals surface area (Å²) in [5.41, 5.74) is 7.16. The van der Waals surface area contributed by atoms with Crippen LogP contribution in [0, 0.1) is 11.8 Å². The SMILES string of the molecule is CC(C)(C)c1ccc(OCC2CC2CN)cc1. The van der Waals surface area contributed by atoms with Crippen molar-refractivity contribution in [2.75, 3.05) is 13.2 Å². The van der Waals surface area contributed by atoms with Gasteiger partial charge in [0.1, 0.15) is 5.75 Å². The highest BCUT2D eigenvalue weighted by Gasteiger charge is 2.36. The van der Waals surface area contributed by atoms with Gasteiger partial charge in [0, 0.05) is 0 Å². The highest BCUT2D eigenvalue weighted by atomic mass is 16.5. The first-order valence-electron chi connectivity index (χ1n) is 6.44. The third-order valence-electron chi connectivity index (χ3n) is 3.56. The van der Waals surface area contributed by atoms with Crippen LogP contribution in [0.1, 0.15) is 32.8 Å². The zero-order valence-corrected chi connectivity index (χ0v) is 11.1. The third kappa shape index (κ3) is 3.22. The molecule has 2 rings (SSSR count). The van der Waals surface area contributed by atoms with E-state index in [4.69, 9.17) is 10.5 Å². The van der Waals surface area contributed by atoms with E-state index in [1.165, 1.54) is 12.0 Å². The average Bonchev–Trinajstić information content (AvgIpc) is 3.04. The van der Waals surface area contributed by atoms with Crippen molar-refractivity contribution < 1.29 is 4.74 Å². The summed E-state index contributed by atoms with van der Waals surface area (Å²) in [6.45, 7) is 8.28. The molecule has 1 fully saturated rings. The summed E-state index contributed by atoms with van der Waals surface area (Å²) in [4.78, 5) is 0. The van der Waals surface area contributed by atoms with Crippen molar-refractivity contribution in [2.24, 2.45) is 17.6 Å². The van der Waals surface area contributed by atoms with Crippen molar-refractivity contribution in [3.05, 3.63) is 29.8 Å². The first kappa shape index (κ1) is 12.4. The summed E-state index contributed by atoms with van der Waals surface area (Å²) in [7, 11) is 0. The summed E-state index contributed by atoms with van der Waals surface area (Å²) < 4.78 is 5.77. The van der Waals surface area contributed by atoms with Crippen molar-refractivity contribution in [3.63, 3.8) is 0 Å². The smallest absolute Gasteiger partial charge is 0.119 e. The Labute approximate surface area is 104 Å². The van der Waals surface area contributed by atoms with E-state index in [2.05, 4.69) is 45.0 Å². The van der Waals surface area contributed by atoms with Crippen LogP contribution in [0.2, 0.25) is 0 Å². The predicted octanol–water partition coefficient (Wildman–Crippen LogP) is 2.96. The van der Waals surface area contributed by atoms with Crippen LogP contribution >= 0.6 is 0 Å². The standard InChI is InChI=1S/C15H23NO/c1-15(2,3)13-4-6-14(7-5-13)17-10-12-8-11(12)9-16/h4-7,11-12H,8-10,16H2,1-3H3. The van der Waals surface area contributed by atoms with Gasteiger partial charge < -0.3 is 10.5 Å². The normalized spacial score (nSPS) is 23.5. The van der Waals surface area contributed by atoms with Gasteiger partial charge in [-0.05, 0) is 47.9 Å². The van der Waals surface area contributed by atoms with E-state index in [-0.39, 0.29) is 5.41 Å². The van der Waals surface area contributed by atoms with Crippen molar-refractivity contribution >= 4 is 0 Å². The van der Waals surface area contributed by atoms with Gasteiger partial charge in [0.05, 0.1) is 6.61 Å². The second-order valence-electron chi connectivity index (χ2n) is 6.08. The number of hydrogen-bond acceptors (Lipinski definition) is 2. The molecule has 1 aliphatic carbocycles. The molecule has 0 bridgehead atoms. The van der Waals surface area contributed by atoms with Crippen LogP contribution in [0.5, 0.6) is 5.75 Å². The molecule has 1 saturated carbocycles. The molecule has 0 radical (unpaired) electrons. The number of nitrogens with two attached hydrogens (primary N) is 1. The van der Waals surface area contributed by atoms with Crippen LogP contribution < -0.4 is 10.5 Å². The van der Waals surface area contributed by atoms with Gasteiger partial charge in [-0.25, -0.2) is 0 Å². The van der Waals surface area contributed by atoms with E-state index in [9.17, 15) is 0 Å². The first-order valence-corrected chi connectivity index (χ1v) is 6.44. The Morgan fingerprint density at radius 2 is 1.82 bits per heavy atom. The van der Waals surface area contributed by atoms with E-state index in [1.807, 2.05) is 0 Å². The monoisotopic (exact) mass is 233 g/mol. The van der Waals surface area contributed by atoms with E-state index >= 15 is 0 Å². The van der Waals surface area contributed by atoms with Crippen LogP contribution in [-0.4, -0.2) is 13.2 Å². The Bertz CT molecular complexity index is 364. The van der Waals surface area contributed by atoms with Gasteiger partial charge in [0.2, 0.25) is 0 Å². The molecule has 17 heavy (non-hydrogen) atoms. The van der Waals surface area contributed by atoms with E-state index in [1.54, 1.807) is 0 Å². The van der Waals surface area contributed by atoms with Crippen LogP contribution in [-0.2, 0) is 5.41 Å². The Hall–Kier alpha value is -1.02. The summed E-state index contributed by atoms with van der Waals surface area (Å²) >= 11 is 0. The molecule has 0 heterocycles. The fraction of sp³-hybridized carbons (Fsp3) is 0.600. The maximum absolute atomic E-state index is 5.77. The van der Waals surface area contributed by atoms with Gasteiger partial charge in [0.15, 0.2) is 0 Å². The minimum Gasteiger partial charge on any atom is -0.493 e. The minimum absolute atomic E-state index is 0.208. The van der Waals surface area contributed by atoms with Gasteiger partial charge in [-0.1, -0.05) is 32.9 Å². The van der Waals surface area contributed by atoms with Crippen LogP contribution in [0.25, 0.3) is 0 Å². The third-order valence-corrected chi connectivity index (χ3v) is 3.56. The largest absolute Gasteiger partial charge is 0.493 e. The molecule has 0 amide bonds. The molecule has 0 aromatic heterocycles. The zero-order chi connectivity index (χ0) is 12.5. The molecule has 2 unspecified atom stereocenters. The molecule has 0 saturated heterocycles. The summed E-state index contributed by atoms with van der Waals surface area (Å²) in [5.74, 6) is 2.35. The van der Waals surface area contributed by atoms with Gasteiger partial charge in [0.25, 0.3) is 0 Å². The molecule has 2 N–H and O–H groups in total. The lowest BCUT2D eigenvalue weighted by Crippen LogP contribution is -2.11. The second kappa shape index (κ2) is 4.69. The zero-order valence-electron chi connectivity index (χ0n) is 11.1. The van der Waals surface area contributed by atoms with Crippen molar-refractivity contribution in [3.8, 4) is 5.75 Å². The molecule has 94 valence electrons. The fourth-order valence-corrected chi connectivity index (χ4v) is 2.06. The number of rotatable bonds is 4. The molecule has 2 nitrogen and oxygen atoms in total. The van der Waals surface area contributed by atoms with Crippen LogP contribution in [0.15, 0.2) is 24.3 Å². The van der Waals surface area contributed by atoms with Gasteiger partial charge in [-0.2, -0.15) is 0 Å². The molecule has 2 atom stereocenters. The highest BCUT2D eigenvalue weighted by Crippen LogP contribution is 2.37. The summed E-state index contributed by atoms with van der Waals surface area (Å²) in [6.07, 6.45) is 1.23. The molecular weight excluding hydrogens is 210 g/mol. The molecule has 0 aliphatic heterocycles. The topological polar surface area (TPSA) is 35.2 Å². The minimum atomic E-state index is 0.208. The van der Waals surface area contributed by atoms with E-state index in [0.29, 0.717) is 11.8 Å². The van der Waals surface area contributed by atoms with Crippen LogP contribution in [0.3, 0.4) is 0 Å². The molecule has 1 aliphatic rings. The predicted molar refractivity (Wildman–Crippen MR) is 71.3 cm³/mol. The Balaban J connectivity index is 1.86. The summed E-state index contributed by atoms with van der Waals surface area (Å²) in [6, 6.07) is 8.45. The number of benzene rings is 1. The molecule has 0 spiro atoms. The highest BCUT2D eigenvalue weighted by molar-refractivity contribution is 5.31. The number of ether oxygens (including phenoxy) is 1. The summed E-state index contributed by atoms with van der Waals surface area (Å²) in [5, 5.41) is 0. The quantitative estimate of drug-likeness (QED) is 0.867.